The number of rotatable bonds is 5. The lowest BCUT2D eigenvalue weighted by Crippen LogP contribution is -2.35. The van der Waals surface area contributed by atoms with Crippen molar-refractivity contribution in [1.82, 2.24) is 0 Å². The van der Waals surface area contributed by atoms with E-state index in [0.717, 1.165) is 20.5 Å². The Morgan fingerprint density at radius 1 is 1.27 bits per heavy atom. The average Bonchev–Trinajstić information content (AvgIpc) is 3.19. The fourth-order valence-corrected chi connectivity index (χ4v) is 4.81. The SMILES string of the molecule is C=C(c1cc2ccccc2s1)c1cc(C2OC(CO)CC(O)C2=C)c(O)cc1OC. The second-order valence-corrected chi connectivity index (χ2v) is 8.47. The molecule has 156 valence electrons. The molecule has 3 atom stereocenters. The predicted molar refractivity (Wildman–Crippen MR) is 119 cm³/mol. The number of phenols is 1. The minimum absolute atomic E-state index is 0.0309. The van der Waals surface area contributed by atoms with Gasteiger partial charge in [0.15, 0.2) is 0 Å². The number of phenolic OH excluding ortho intramolecular Hbond substituents is 1. The van der Waals surface area contributed by atoms with Gasteiger partial charge in [-0.1, -0.05) is 31.4 Å². The van der Waals surface area contributed by atoms with Crippen molar-refractivity contribution in [3.05, 3.63) is 77.2 Å². The summed E-state index contributed by atoms with van der Waals surface area (Å²) in [5.41, 5.74) is 2.37. The van der Waals surface area contributed by atoms with Gasteiger partial charge >= 0.3 is 0 Å². The van der Waals surface area contributed by atoms with Crippen LogP contribution in [0.4, 0.5) is 0 Å². The first-order valence-corrected chi connectivity index (χ1v) is 10.5. The highest BCUT2D eigenvalue weighted by atomic mass is 32.1. The summed E-state index contributed by atoms with van der Waals surface area (Å²) >= 11 is 1.63. The van der Waals surface area contributed by atoms with E-state index in [2.05, 4.69) is 31.4 Å². The summed E-state index contributed by atoms with van der Waals surface area (Å²) in [6, 6.07) is 13.5. The van der Waals surface area contributed by atoms with E-state index in [1.165, 1.54) is 13.2 Å². The Labute approximate surface area is 179 Å². The van der Waals surface area contributed by atoms with E-state index in [1.807, 2.05) is 12.1 Å². The number of aliphatic hydroxyl groups excluding tert-OH is 2. The molecule has 5 nitrogen and oxygen atoms in total. The smallest absolute Gasteiger partial charge is 0.130 e. The van der Waals surface area contributed by atoms with Crippen LogP contribution in [0.25, 0.3) is 15.7 Å². The van der Waals surface area contributed by atoms with E-state index in [9.17, 15) is 15.3 Å². The molecule has 4 rings (SSSR count). The molecule has 2 heterocycles. The fourth-order valence-electron chi connectivity index (χ4n) is 3.77. The van der Waals surface area contributed by atoms with E-state index < -0.39 is 18.3 Å². The second-order valence-electron chi connectivity index (χ2n) is 7.39. The van der Waals surface area contributed by atoms with Gasteiger partial charge in [-0.25, -0.2) is 0 Å². The molecule has 0 amide bonds. The van der Waals surface area contributed by atoms with Crippen LogP contribution < -0.4 is 4.74 Å². The summed E-state index contributed by atoms with van der Waals surface area (Å²) < 4.78 is 12.6. The van der Waals surface area contributed by atoms with Gasteiger partial charge in [0, 0.05) is 33.2 Å². The van der Waals surface area contributed by atoms with Crippen molar-refractivity contribution in [3.63, 3.8) is 0 Å². The van der Waals surface area contributed by atoms with Crippen LogP contribution in [0.1, 0.15) is 28.5 Å². The summed E-state index contributed by atoms with van der Waals surface area (Å²) in [6.07, 6.45) is -1.84. The first kappa shape index (κ1) is 20.6. The molecule has 30 heavy (non-hydrogen) atoms. The number of hydrogen-bond acceptors (Lipinski definition) is 6. The summed E-state index contributed by atoms with van der Waals surface area (Å²) in [6.45, 7) is 8.00. The van der Waals surface area contributed by atoms with Crippen LogP contribution >= 0.6 is 11.3 Å². The molecular formula is C24H24O5S. The van der Waals surface area contributed by atoms with Crippen LogP contribution in [-0.2, 0) is 4.74 Å². The molecule has 1 aromatic heterocycles. The maximum absolute atomic E-state index is 10.7. The Morgan fingerprint density at radius 3 is 2.73 bits per heavy atom. The number of aromatic hydroxyl groups is 1. The van der Waals surface area contributed by atoms with Crippen LogP contribution in [0, 0.1) is 0 Å². The molecule has 1 fully saturated rings. The molecule has 0 saturated carbocycles. The maximum Gasteiger partial charge on any atom is 0.130 e. The van der Waals surface area contributed by atoms with Crippen molar-refractivity contribution in [2.45, 2.75) is 24.7 Å². The highest BCUT2D eigenvalue weighted by Crippen LogP contribution is 2.44. The first-order chi connectivity index (χ1) is 14.4. The molecule has 1 aliphatic rings. The zero-order valence-corrected chi connectivity index (χ0v) is 17.5. The lowest BCUT2D eigenvalue weighted by atomic mass is 9.89. The topological polar surface area (TPSA) is 79.2 Å². The van der Waals surface area contributed by atoms with E-state index in [-0.39, 0.29) is 18.8 Å². The summed E-state index contributed by atoms with van der Waals surface area (Å²) in [5, 5.41) is 31.6. The van der Waals surface area contributed by atoms with E-state index in [4.69, 9.17) is 9.47 Å². The molecular weight excluding hydrogens is 400 g/mol. The van der Waals surface area contributed by atoms with Gasteiger partial charge in [0.1, 0.15) is 17.6 Å². The second kappa shape index (κ2) is 8.24. The van der Waals surface area contributed by atoms with Crippen molar-refractivity contribution in [2.24, 2.45) is 0 Å². The number of hydrogen-bond donors (Lipinski definition) is 3. The van der Waals surface area contributed by atoms with E-state index in [1.54, 1.807) is 17.4 Å². The van der Waals surface area contributed by atoms with Crippen LogP contribution in [0.2, 0.25) is 0 Å². The molecule has 3 aromatic rings. The number of thiophene rings is 1. The van der Waals surface area contributed by atoms with Crippen LogP contribution in [0.5, 0.6) is 11.5 Å². The number of fused-ring (bicyclic) bond motifs is 1. The molecule has 6 heteroatoms. The normalized spacial score (nSPS) is 21.7. The Hall–Kier alpha value is -2.64. The van der Waals surface area contributed by atoms with Gasteiger partial charge in [0.25, 0.3) is 0 Å². The number of ether oxygens (including phenoxy) is 2. The number of benzene rings is 2. The van der Waals surface area contributed by atoms with Crippen molar-refractivity contribution in [2.75, 3.05) is 13.7 Å². The molecule has 3 N–H and O–H groups in total. The van der Waals surface area contributed by atoms with Gasteiger partial charge in [-0.3, -0.25) is 0 Å². The van der Waals surface area contributed by atoms with Gasteiger partial charge in [-0.2, -0.15) is 0 Å². The third kappa shape index (κ3) is 3.63. The highest BCUT2D eigenvalue weighted by Gasteiger charge is 2.34. The zero-order chi connectivity index (χ0) is 21.4. The lowest BCUT2D eigenvalue weighted by molar-refractivity contribution is -0.0791. The number of methoxy groups -OCH3 is 1. The predicted octanol–water partition coefficient (Wildman–Crippen LogP) is 4.42. The molecule has 2 aromatic carbocycles. The molecule has 3 unspecified atom stereocenters. The molecule has 0 spiro atoms. The van der Waals surface area contributed by atoms with Gasteiger partial charge < -0.3 is 24.8 Å². The van der Waals surface area contributed by atoms with Gasteiger partial charge in [-0.15, -0.1) is 11.3 Å². The molecule has 1 aliphatic heterocycles. The molecule has 0 bridgehead atoms. The van der Waals surface area contributed by atoms with Gasteiger partial charge in [0.05, 0.1) is 25.9 Å². The standard InChI is InChI=1S/C24H24O5S/c1-13(23-8-15-6-4-5-7-22(15)30-23)17-10-18(20(27)11-21(17)28-3)24-14(2)19(26)9-16(12-25)29-24/h4-8,10-11,16,19,24-27H,1-2,9,12H2,3H3. The Bertz CT molecular complexity index is 1080. The summed E-state index contributed by atoms with van der Waals surface area (Å²) in [7, 11) is 1.54. The monoisotopic (exact) mass is 424 g/mol. The van der Waals surface area contributed by atoms with Gasteiger partial charge in [-0.05, 0) is 34.7 Å². The maximum atomic E-state index is 10.7. The molecule has 0 aliphatic carbocycles. The fraction of sp³-hybridized carbons (Fsp3) is 0.250. The van der Waals surface area contributed by atoms with E-state index >= 15 is 0 Å². The summed E-state index contributed by atoms with van der Waals surface area (Å²) in [4.78, 5) is 0.989. The van der Waals surface area contributed by atoms with Crippen molar-refractivity contribution < 1.29 is 24.8 Å². The zero-order valence-electron chi connectivity index (χ0n) is 16.7. The average molecular weight is 425 g/mol. The summed E-state index contributed by atoms with van der Waals surface area (Å²) in [5.74, 6) is 0.455. The Kier molecular flexibility index (Phi) is 5.66. The van der Waals surface area contributed by atoms with Gasteiger partial charge in [0.2, 0.25) is 0 Å². The van der Waals surface area contributed by atoms with E-state index in [0.29, 0.717) is 22.4 Å². The minimum atomic E-state index is -0.823. The highest BCUT2D eigenvalue weighted by molar-refractivity contribution is 7.20. The van der Waals surface area contributed by atoms with Crippen molar-refractivity contribution in [1.29, 1.82) is 0 Å². The Morgan fingerprint density at radius 2 is 2.03 bits per heavy atom. The molecule has 0 radical (unpaired) electrons. The largest absolute Gasteiger partial charge is 0.507 e. The third-order valence-corrected chi connectivity index (χ3v) is 6.64. The van der Waals surface area contributed by atoms with Crippen molar-refractivity contribution >= 4 is 27.0 Å². The molecule has 1 saturated heterocycles. The minimum Gasteiger partial charge on any atom is -0.507 e. The number of aliphatic hydroxyl groups is 2. The quantitative estimate of drug-likeness (QED) is 0.529. The van der Waals surface area contributed by atoms with Crippen molar-refractivity contribution in [3.8, 4) is 11.5 Å². The lowest BCUT2D eigenvalue weighted by Gasteiger charge is -2.35. The van der Waals surface area contributed by atoms with Crippen LogP contribution in [0.15, 0.2) is 61.2 Å². The van der Waals surface area contributed by atoms with Crippen LogP contribution in [0.3, 0.4) is 0 Å². The van der Waals surface area contributed by atoms with Crippen LogP contribution in [-0.4, -0.2) is 41.2 Å². The third-order valence-electron chi connectivity index (χ3n) is 5.46. The first-order valence-electron chi connectivity index (χ1n) is 9.65. The Balaban J connectivity index is 1.78.